The average Bonchev–Trinajstić information content (AvgIpc) is 2.62. The molecule has 1 aliphatic rings. The fourth-order valence-corrected chi connectivity index (χ4v) is 4.94. The van der Waals surface area contributed by atoms with Crippen molar-refractivity contribution in [1.82, 2.24) is 4.72 Å². The van der Waals surface area contributed by atoms with Crippen molar-refractivity contribution in [3.8, 4) is 5.75 Å². The van der Waals surface area contributed by atoms with Crippen molar-refractivity contribution in [2.24, 2.45) is 0 Å². The number of methoxy groups -OCH3 is 1. The fourth-order valence-electron chi connectivity index (χ4n) is 3.51. The highest BCUT2D eigenvalue weighted by atomic mass is 32.2. The van der Waals surface area contributed by atoms with E-state index < -0.39 is 10.0 Å². The standard InChI is InChI=1S/C21H27NO3S/c1-14-9-10-17(11-15(14)2)16(3)22-26(23,24)21-13-19-8-6-5-7-18(19)12-20(21)25-4/h9-13,16,22H,5-8H2,1-4H3/t16-/m1/s1. The third kappa shape index (κ3) is 3.79. The zero-order valence-electron chi connectivity index (χ0n) is 15.9. The SMILES string of the molecule is COc1cc2c(cc1S(=O)(=O)N[C@H](C)c1ccc(C)c(C)c1)CCCC2. The van der Waals surface area contributed by atoms with Gasteiger partial charge >= 0.3 is 0 Å². The van der Waals surface area contributed by atoms with Crippen LogP contribution in [0.5, 0.6) is 5.75 Å². The van der Waals surface area contributed by atoms with E-state index in [1.54, 1.807) is 6.07 Å². The molecule has 1 aliphatic carbocycles. The molecule has 3 rings (SSSR count). The minimum Gasteiger partial charge on any atom is -0.495 e. The van der Waals surface area contributed by atoms with Crippen LogP contribution in [0.3, 0.4) is 0 Å². The second-order valence-corrected chi connectivity index (χ2v) is 8.85. The first-order chi connectivity index (χ1) is 12.3. The smallest absolute Gasteiger partial charge is 0.244 e. The van der Waals surface area contributed by atoms with Crippen LogP contribution in [-0.2, 0) is 22.9 Å². The van der Waals surface area contributed by atoms with Gasteiger partial charge in [0.15, 0.2) is 0 Å². The predicted octanol–water partition coefficient (Wildman–Crippen LogP) is 4.23. The summed E-state index contributed by atoms with van der Waals surface area (Å²) in [6, 6.07) is 9.40. The second-order valence-electron chi connectivity index (χ2n) is 7.17. The monoisotopic (exact) mass is 373 g/mol. The van der Waals surface area contributed by atoms with Gasteiger partial charge in [-0.3, -0.25) is 0 Å². The van der Waals surface area contributed by atoms with E-state index in [1.807, 2.05) is 45.0 Å². The van der Waals surface area contributed by atoms with Crippen molar-refractivity contribution >= 4 is 10.0 Å². The van der Waals surface area contributed by atoms with E-state index in [1.165, 1.54) is 18.2 Å². The van der Waals surface area contributed by atoms with Crippen molar-refractivity contribution in [3.05, 3.63) is 58.1 Å². The zero-order valence-corrected chi connectivity index (χ0v) is 16.7. The zero-order chi connectivity index (χ0) is 18.9. The second kappa shape index (κ2) is 7.41. The lowest BCUT2D eigenvalue weighted by molar-refractivity contribution is 0.400. The molecule has 26 heavy (non-hydrogen) atoms. The predicted molar refractivity (Wildman–Crippen MR) is 104 cm³/mol. The summed E-state index contributed by atoms with van der Waals surface area (Å²) in [5.41, 5.74) is 5.62. The van der Waals surface area contributed by atoms with Crippen molar-refractivity contribution in [1.29, 1.82) is 0 Å². The van der Waals surface area contributed by atoms with Crippen LogP contribution in [0.25, 0.3) is 0 Å². The van der Waals surface area contributed by atoms with Gasteiger partial charge in [0.25, 0.3) is 0 Å². The molecule has 0 heterocycles. The first-order valence-corrected chi connectivity index (χ1v) is 10.6. The van der Waals surface area contributed by atoms with E-state index in [2.05, 4.69) is 4.72 Å². The maximum atomic E-state index is 13.0. The highest BCUT2D eigenvalue weighted by molar-refractivity contribution is 7.89. The van der Waals surface area contributed by atoms with E-state index in [0.29, 0.717) is 5.75 Å². The summed E-state index contributed by atoms with van der Waals surface area (Å²) < 4.78 is 34.3. The van der Waals surface area contributed by atoms with Gasteiger partial charge in [0.2, 0.25) is 10.0 Å². The highest BCUT2D eigenvalue weighted by Gasteiger charge is 2.25. The molecule has 140 valence electrons. The number of sulfonamides is 1. The Balaban J connectivity index is 1.93. The van der Waals surface area contributed by atoms with Gasteiger partial charge < -0.3 is 4.74 Å². The average molecular weight is 374 g/mol. The van der Waals surface area contributed by atoms with Crippen LogP contribution in [0.15, 0.2) is 35.2 Å². The minimum atomic E-state index is -3.68. The molecule has 1 atom stereocenters. The molecular formula is C21H27NO3S. The molecule has 0 saturated carbocycles. The molecule has 5 heteroatoms. The maximum Gasteiger partial charge on any atom is 0.244 e. The number of rotatable bonds is 5. The summed E-state index contributed by atoms with van der Waals surface area (Å²) >= 11 is 0. The Morgan fingerprint density at radius 2 is 1.65 bits per heavy atom. The Hall–Kier alpha value is -1.85. The van der Waals surface area contributed by atoms with Crippen LogP contribution in [0, 0.1) is 13.8 Å². The number of benzene rings is 2. The summed E-state index contributed by atoms with van der Waals surface area (Å²) in [5.74, 6) is 0.422. The summed E-state index contributed by atoms with van der Waals surface area (Å²) in [4.78, 5) is 0.233. The number of hydrogen-bond donors (Lipinski definition) is 1. The third-order valence-corrected chi connectivity index (χ3v) is 6.84. The first kappa shape index (κ1) is 18.9. The molecule has 0 amide bonds. The van der Waals surface area contributed by atoms with Crippen molar-refractivity contribution in [3.63, 3.8) is 0 Å². The summed E-state index contributed by atoms with van der Waals surface area (Å²) in [5, 5.41) is 0. The molecule has 0 saturated heterocycles. The van der Waals surface area contributed by atoms with E-state index in [0.717, 1.165) is 42.4 Å². The van der Waals surface area contributed by atoms with Gasteiger partial charge in [-0.25, -0.2) is 13.1 Å². The van der Waals surface area contributed by atoms with Crippen LogP contribution in [0.1, 0.15) is 53.6 Å². The molecule has 2 aromatic rings. The topological polar surface area (TPSA) is 55.4 Å². The largest absolute Gasteiger partial charge is 0.495 e. The Bertz CT molecular complexity index is 919. The lowest BCUT2D eigenvalue weighted by Crippen LogP contribution is -2.27. The van der Waals surface area contributed by atoms with Gasteiger partial charge in [-0.2, -0.15) is 0 Å². The van der Waals surface area contributed by atoms with Gasteiger partial charge in [-0.15, -0.1) is 0 Å². The molecule has 0 unspecified atom stereocenters. The van der Waals surface area contributed by atoms with Gasteiger partial charge in [-0.05, 0) is 86.4 Å². The van der Waals surface area contributed by atoms with Gasteiger partial charge in [0.1, 0.15) is 10.6 Å². The van der Waals surface area contributed by atoms with Crippen molar-refractivity contribution in [2.75, 3.05) is 7.11 Å². The van der Waals surface area contributed by atoms with E-state index in [9.17, 15) is 8.42 Å². The number of aryl methyl sites for hydroxylation is 4. The molecule has 0 spiro atoms. The Morgan fingerprint density at radius 1 is 1.00 bits per heavy atom. The minimum absolute atomic E-state index is 0.233. The van der Waals surface area contributed by atoms with Crippen LogP contribution >= 0.6 is 0 Å². The number of fused-ring (bicyclic) bond motifs is 1. The Morgan fingerprint density at radius 3 is 2.27 bits per heavy atom. The van der Waals surface area contributed by atoms with E-state index >= 15 is 0 Å². The lowest BCUT2D eigenvalue weighted by Gasteiger charge is -2.21. The Labute approximate surface area is 156 Å². The summed E-state index contributed by atoms with van der Waals surface area (Å²) in [7, 11) is -2.16. The Kier molecular flexibility index (Phi) is 5.39. The van der Waals surface area contributed by atoms with Crippen molar-refractivity contribution < 1.29 is 13.2 Å². The molecule has 4 nitrogen and oxygen atoms in total. The van der Waals surface area contributed by atoms with Crippen LogP contribution in [-0.4, -0.2) is 15.5 Å². The fraction of sp³-hybridized carbons (Fsp3) is 0.429. The van der Waals surface area contributed by atoms with Gasteiger partial charge in [-0.1, -0.05) is 18.2 Å². The van der Waals surface area contributed by atoms with E-state index in [4.69, 9.17) is 4.74 Å². The molecule has 2 aromatic carbocycles. The van der Waals surface area contributed by atoms with Crippen LogP contribution in [0.2, 0.25) is 0 Å². The quantitative estimate of drug-likeness (QED) is 0.853. The van der Waals surface area contributed by atoms with Crippen LogP contribution in [0.4, 0.5) is 0 Å². The maximum absolute atomic E-state index is 13.0. The molecule has 0 bridgehead atoms. The van der Waals surface area contributed by atoms with Gasteiger partial charge in [0, 0.05) is 6.04 Å². The summed E-state index contributed by atoms with van der Waals surface area (Å²) in [6.45, 7) is 5.95. The molecule has 0 fully saturated rings. The molecule has 0 aromatic heterocycles. The molecule has 0 aliphatic heterocycles. The lowest BCUT2D eigenvalue weighted by atomic mass is 9.92. The normalized spacial score (nSPS) is 15.4. The molecule has 0 radical (unpaired) electrons. The molecular weight excluding hydrogens is 346 g/mol. The first-order valence-electron chi connectivity index (χ1n) is 9.11. The highest BCUT2D eigenvalue weighted by Crippen LogP contribution is 2.32. The third-order valence-electron chi connectivity index (χ3n) is 5.28. The van der Waals surface area contributed by atoms with Gasteiger partial charge in [0.05, 0.1) is 7.11 Å². The van der Waals surface area contributed by atoms with Crippen LogP contribution < -0.4 is 9.46 Å². The number of nitrogens with one attached hydrogen (secondary N) is 1. The molecule has 1 N–H and O–H groups in total. The van der Waals surface area contributed by atoms with E-state index in [-0.39, 0.29) is 10.9 Å². The van der Waals surface area contributed by atoms with Crippen molar-refractivity contribution in [2.45, 2.75) is 57.4 Å². The number of ether oxygens (including phenoxy) is 1. The summed E-state index contributed by atoms with van der Waals surface area (Å²) in [6.07, 6.45) is 4.16. The number of hydrogen-bond acceptors (Lipinski definition) is 3.